The molecule has 6 nitrogen and oxygen atoms in total. The van der Waals surface area contributed by atoms with Gasteiger partial charge in [-0.05, 0) is 25.1 Å². The molecule has 1 unspecified atom stereocenters. The van der Waals surface area contributed by atoms with Crippen LogP contribution in [0.25, 0.3) is 0 Å². The predicted molar refractivity (Wildman–Crippen MR) is 75.7 cm³/mol. The average molecular weight is 346 g/mol. The van der Waals surface area contributed by atoms with E-state index in [0.29, 0.717) is 5.75 Å². The second-order valence-electron chi connectivity index (χ2n) is 3.95. The van der Waals surface area contributed by atoms with Crippen molar-refractivity contribution in [3.63, 3.8) is 0 Å². The number of hydrogen-bond donors (Lipinski definition) is 2. The number of rotatable bonds is 8. The van der Waals surface area contributed by atoms with E-state index in [1.807, 2.05) is 12.1 Å². The van der Waals surface area contributed by atoms with Gasteiger partial charge in [0.25, 0.3) is 5.91 Å². The SMILES string of the molecule is CC(Oc1cccc(Br)c1)C(=O)NCCOCC(=O)O. The van der Waals surface area contributed by atoms with E-state index < -0.39 is 12.1 Å². The number of benzene rings is 1. The highest BCUT2D eigenvalue weighted by Gasteiger charge is 2.14. The van der Waals surface area contributed by atoms with Crippen molar-refractivity contribution in [3.05, 3.63) is 28.7 Å². The van der Waals surface area contributed by atoms with Crippen LogP contribution in [0.4, 0.5) is 0 Å². The Morgan fingerprint density at radius 3 is 2.85 bits per heavy atom. The molecule has 0 aliphatic rings. The predicted octanol–water partition coefficient (Wildman–Crippen LogP) is 1.43. The summed E-state index contributed by atoms with van der Waals surface area (Å²) in [5.41, 5.74) is 0. The summed E-state index contributed by atoms with van der Waals surface area (Å²) in [6.07, 6.45) is -0.649. The molecule has 20 heavy (non-hydrogen) atoms. The summed E-state index contributed by atoms with van der Waals surface area (Å²) in [5.74, 6) is -0.740. The van der Waals surface area contributed by atoms with Gasteiger partial charge in [-0.2, -0.15) is 0 Å². The molecule has 0 saturated heterocycles. The van der Waals surface area contributed by atoms with Crippen LogP contribution < -0.4 is 10.1 Å². The summed E-state index contributed by atoms with van der Waals surface area (Å²) in [4.78, 5) is 21.9. The van der Waals surface area contributed by atoms with Gasteiger partial charge in [-0.3, -0.25) is 4.79 Å². The Labute approximate surface area is 125 Å². The minimum absolute atomic E-state index is 0.141. The van der Waals surface area contributed by atoms with Crippen molar-refractivity contribution in [2.75, 3.05) is 19.8 Å². The third kappa shape index (κ3) is 6.53. The summed E-state index contributed by atoms with van der Waals surface area (Å²) in [7, 11) is 0. The van der Waals surface area contributed by atoms with Crippen molar-refractivity contribution in [2.45, 2.75) is 13.0 Å². The number of carbonyl (C=O) groups excluding carboxylic acids is 1. The fraction of sp³-hybridized carbons (Fsp3) is 0.385. The average Bonchev–Trinajstić information content (AvgIpc) is 2.37. The van der Waals surface area contributed by atoms with Crippen molar-refractivity contribution in [3.8, 4) is 5.75 Å². The molecular weight excluding hydrogens is 330 g/mol. The molecule has 0 spiro atoms. The van der Waals surface area contributed by atoms with Crippen molar-refractivity contribution >= 4 is 27.8 Å². The van der Waals surface area contributed by atoms with E-state index in [0.717, 1.165) is 4.47 Å². The summed E-state index contributed by atoms with van der Waals surface area (Å²) < 4.78 is 11.1. The monoisotopic (exact) mass is 345 g/mol. The second kappa shape index (κ2) is 8.55. The largest absolute Gasteiger partial charge is 0.481 e. The number of ether oxygens (including phenoxy) is 2. The van der Waals surface area contributed by atoms with Crippen LogP contribution in [0.3, 0.4) is 0 Å². The highest BCUT2D eigenvalue weighted by molar-refractivity contribution is 9.10. The zero-order valence-electron chi connectivity index (χ0n) is 11.0. The summed E-state index contributed by atoms with van der Waals surface area (Å²) in [6, 6.07) is 7.19. The van der Waals surface area contributed by atoms with Crippen LogP contribution in [0, 0.1) is 0 Å². The molecule has 0 fully saturated rings. The molecule has 1 aromatic rings. The van der Waals surface area contributed by atoms with Gasteiger partial charge in [-0.25, -0.2) is 4.79 Å². The van der Waals surface area contributed by atoms with E-state index in [-0.39, 0.29) is 25.7 Å². The zero-order valence-corrected chi connectivity index (χ0v) is 12.6. The van der Waals surface area contributed by atoms with Gasteiger partial charge in [0.1, 0.15) is 12.4 Å². The van der Waals surface area contributed by atoms with E-state index in [9.17, 15) is 9.59 Å². The van der Waals surface area contributed by atoms with E-state index >= 15 is 0 Å². The van der Waals surface area contributed by atoms with Crippen LogP contribution in [-0.4, -0.2) is 42.8 Å². The molecular formula is C13H16BrNO5. The fourth-order valence-electron chi connectivity index (χ4n) is 1.35. The molecule has 0 aliphatic carbocycles. The summed E-state index contributed by atoms with van der Waals surface area (Å²) >= 11 is 3.31. The first-order chi connectivity index (χ1) is 9.49. The lowest BCUT2D eigenvalue weighted by molar-refractivity contribution is -0.142. The number of carboxylic acid groups (broad SMARTS) is 1. The number of hydrogen-bond acceptors (Lipinski definition) is 4. The van der Waals surface area contributed by atoms with Gasteiger partial charge in [0.15, 0.2) is 6.10 Å². The quantitative estimate of drug-likeness (QED) is 0.696. The van der Waals surface area contributed by atoms with Gasteiger partial charge in [-0.15, -0.1) is 0 Å². The Morgan fingerprint density at radius 1 is 1.45 bits per heavy atom. The second-order valence-corrected chi connectivity index (χ2v) is 4.87. The summed E-state index contributed by atoms with van der Waals surface area (Å²) in [6.45, 7) is 1.63. The third-order valence-corrected chi connectivity index (χ3v) is 2.74. The standard InChI is InChI=1S/C13H16BrNO5/c1-9(20-11-4-2-3-10(14)7-11)13(18)15-5-6-19-8-12(16)17/h2-4,7,9H,5-6,8H2,1H3,(H,15,18)(H,16,17). The van der Waals surface area contributed by atoms with Crippen LogP contribution in [0.1, 0.15) is 6.92 Å². The highest BCUT2D eigenvalue weighted by atomic mass is 79.9. The number of nitrogens with one attached hydrogen (secondary N) is 1. The van der Waals surface area contributed by atoms with E-state index in [1.54, 1.807) is 19.1 Å². The molecule has 1 aromatic carbocycles. The lowest BCUT2D eigenvalue weighted by Crippen LogP contribution is -2.38. The zero-order chi connectivity index (χ0) is 15.0. The van der Waals surface area contributed by atoms with E-state index in [1.165, 1.54) is 0 Å². The Hall–Kier alpha value is -1.60. The maximum absolute atomic E-state index is 11.7. The number of carbonyl (C=O) groups is 2. The number of aliphatic carboxylic acids is 1. The molecule has 7 heteroatoms. The smallest absolute Gasteiger partial charge is 0.329 e. The van der Waals surface area contributed by atoms with Gasteiger partial charge in [0, 0.05) is 11.0 Å². The van der Waals surface area contributed by atoms with Gasteiger partial charge < -0.3 is 19.9 Å². The van der Waals surface area contributed by atoms with Crippen LogP contribution in [0.15, 0.2) is 28.7 Å². The maximum atomic E-state index is 11.7. The fourth-order valence-corrected chi connectivity index (χ4v) is 1.73. The van der Waals surface area contributed by atoms with Crippen LogP contribution in [-0.2, 0) is 14.3 Å². The maximum Gasteiger partial charge on any atom is 0.329 e. The van der Waals surface area contributed by atoms with Crippen molar-refractivity contribution in [1.82, 2.24) is 5.32 Å². The Bertz CT molecular complexity index is 466. The topological polar surface area (TPSA) is 84.9 Å². The number of halogens is 1. The lowest BCUT2D eigenvalue weighted by Gasteiger charge is -2.14. The van der Waals surface area contributed by atoms with Crippen LogP contribution >= 0.6 is 15.9 Å². The minimum atomic E-state index is -1.04. The molecule has 110 valence electrons. The van der Waals surface area contributed by atoms with Crippen LogP contribution in [0.2, 0.25) is 0 Å². The molecule has 1 amide bonds. The first-order valence-corrected chi connectivity index (χ1v) is 6.78. The molecule has 1 atom stereocenters. The molecule has 1 rings (SSSR count). The molecule has 2 N–H and O–H groups in total. The van der Waals surface area contributed by atoms with Crippen LogP contribution in [0.5, 0.6) is 5.75 Å². The minimum Gasteiger partial charge on any atom is -0.481 e. The Morgan fingerprint density at radius 2 is 2.20 bits per heavy atom. The lowest BCUT2D eigenvalue weighted by atomic mass is 10.3. The first-order valence-electron chi connectivity index (χ1n) is 5.98. The summed E-state index contributed by atoms with van der Waals surface area (Å²) in [5, 5.41) is 11.0. The van der Waals surface area contributed by atoms with Gasteiger partial charge in [0.05, 0.1) is 6.61 Å². The third-order valence-electron chi connectivity index (χ3n) is 2.25. The molecule has 0 aromatic heterocycles. The normalized spacial score (nSPS) is 11.7. The molecule has 0 bridgehead atoms. The highest BCUT2D eigenvalue weighted by Crippen LogP contribution is 2.18. The van der Waals surface area contributed by atoms with Crippen molar-refractivity contribution < 1.29 is 24.2 Å². The number of amides is 1. The van der Waals surface area contributed by atoms with Gasteiger partial charge >= 0.3 is 5.97 Å². The number of carboxylic acids is 1. The molecule has 0 saturated carbocycles. The van der Waals surface area contributed by atoms with E-state index in [2.05, 4.69) is 21.2 Å². The van der Waals surface area contributed by atoms with Gasteiger partial charge in [0.2, 0.25) is 0 Å². The Balaban J connectivity index is 2.27. The molecule has 0 radical (unpaired) electrons. The first kappa shape index (κ1) is 16.5. The van der Waals surface area contributed by atoms with Crippen molar-refractivity contribution in [1.29, 1.82) is 0 Å². The van der Waals surface area contributed by atoms with Crippen molar-refractivity contribution in [2.24, 2.45) is 0 Å². The Kier molecular flexibility index (Phi) is 7.03. The molecule has 0 aliphatic heterocycles. The van der Waals surface area contributed by atoms with E-state index in [4.69, 9.17) is 14.6 Å². The molecule has 0 heterocycles. The van der Waals surface area contributed by atoms with Gasteiger partial charge in [-0.1, -0.05) is 22.0 Å².